The van der Waals surface area contributed by atoms with Crippen molar-refractivity contribution in [2.24, 2.45) is 5.73 Å². The molecule has 134 valence electrons. The maximum absolute atomic E-state index is 12.7. The highest BCUT2D eigenvalue weighted by Crippen LogP contribution is 2.45. The number of nitriles is 1. The Morgan fingerprint density at radius 3 is 2.92 bits per heavy atom. The average molecular weight is 370 g/mol. The van der Waals surface area contributed by atoms with Crippen molar-refractivity contribution in [3.05, 3.63) is 64.1 Å². The minimum atomic E-state index is -0.495. The molecule has 0 fully saturated rings. The van der Waals surface area contributed by atoms with Crippen molar-refractivity contribution >= 4 is 17.4 Å². The van der Waals surface area contributed by atoms with E-state index >= 15 is 0 Å². The van der Waals surface area contributed by atoms with Crippen LogP contribution in [0.5, 0.6) is 5.75 Å². The molecular formula is C20H20ClN3O2. The number of hydrogen-bond acceptors (Lipinski definition) is 5. The van der Waals surface area contributed by atoms with E-state index < -0.39 is 5.92 Å². The Kier molecular flexibility index (Phi) is 5.06. The summed E-state index contributed by atoms with van der Waals surface area (Å²) in [6.45, 7) is 3.96. The van der Waals surface area contributed by atoms with Crippen LogP contribution in [0.15, 0.2) is 53.5 Å². The standard InChI is InChI=1S/C20H20ClN3O2/c1-3-9-26-17-8-7-12(10-14(17)21)18-13(11-22)20(23)24(2)15-5-4-6-16(25)19(15)18/h3,7-8,10,18H,1,4-6,9,23H2,2H3/t18-/m0/s1. The predicted molar refractivity (Wildman–Crippen MR) is 100 cm³/mol. The molecule has 6 heteroatoms. The van der Waals surface area contributed by atoms with Crippen LogP contribution in [-0.4, -0.2) is 24.3 Å². The molecule has 0 saturated heterocycles. The number of nitrogens with two attached hydrogens (primary N) is 1. The molecule has 0 spiro atoms. The second-order valence-corrected chi connectivity index (χ2v) is 6.74. The van der Waals surface area contributed by atoms with Crippen LogP contribution >= 0.6 is 11.6 Å². The van der Waals surface area contributed by atoms with Crippen molar-refractivity contribution in [2.75, 3.05) is 13.7 Å². The Balaban J connectivity index is 2.12. The van der Waals surface area contributed by atoms with Crippen molar-refractivity contribution in [3.8, 4) is 11.8 Å². The molecule has 2 N–H and O–H groups in total. The van der Waals surface area contributed by atoms with E-state index in [2.05, 4.69) is 12.6 Å². The Morgan fingerprint density at radius 2 is 2.27 bits per heavy atom. The van der Waals surface area contributed by atoms with Crippen molar-refractivity contribution in [2.45, 2.75) is 25.2 Å². The molecule has 1 heterocycles. The molecule has 0 saturated carbocycles. The molecule has 2 aliphatic rings. The molecule has 0 bridgehead atoms. The fourth-order valence-electron chi connectivity index (χ4n) is 3.56. The zero-order chi connectivity index (χ0) is 18.8. The predicted octanol–water partition coefficient (Wildman–Crippen LogP) is 3.63. The Hall–Kier alpha value is -2.71. The number of carbonyl (C=O) groups excluding carboxylic acids is 1. The molecule has 1 atom stereocenters. The summed E-state index contributed by atoms with van der Waals surface area (Å²) in [6, 6.07) is 7.52. The van der Waals surface area contributed by atoms with Crippen LogP contribution in [-0.2, 0) is 4.79 Å². The van der Waals surface area contributed by atoms with E-state index in [4.69, 9.17) is 22.1 Å². The molecule has 1 aliphatic heterocycles. The van der Waals surface area contributed by atoms with E-state index in [1.54, 1.807) is 30.2 Å². The third-order valence-electron chi connectivity index (χ3n) is 4.81. The Labute approximate surface area is 158 Å². The maximum atomic E-state index is 12.7. The molecule has 0 unspecified atom stereocenters. The van der Waals surface area contributed by atoms with Crippen LogP contribution in [0.3, 0.4) is 0 Å². The van der Waals surface area contributed by atoms with Crippen molar-refractivity contribution in [3.63, 3.8) is 0 Å². The number of halogens is 1. The summed E-state index contributed by atoms with van der Waals surface area (Å²) in [6.07, 6.45) is 3.67. The monoisotopic (exact) mass is 369 g/mol. The van der Waals surface area contributed by atoms with Gasteiger partial charge in [0.1, 0.15) is 18.2 Å². The molecule has 5 nitrogen and oxygen atoms in total. The molecule has 3 rings (SSSR count). The number of ketones is 1. The lowest BCUT2D eigenvalue weighted by Gasteiger charge is -2.37. The average Bonchev–Trinajstić information content (AvgIpc) is 2.63. The molecule has 0 amide bonds. The van der Waals surface area contributed by atoms with E-state index in [0.29, 0.717) is 40.8 Å². The molecule has 0 radical (unpaired) electrons. The fraction of sp³-hybridized carbons (Fsp3) is 0.300. The number of allylic oxidation sites excluding steroid dienone is 3. The molecule has 1 aromatic rings. The van der Waals surface area contributed by atoms with Crippen molar-refractivity contribution < 1.29 is 9.53 Å². The molecule has 1 aromatic carbocycles. The summed E-state index contributed by atoms with van der Waals surface area (Å²) in [5.74, 6) is 0.480. The van der Waals surface area contributed by atoms with Crippen LogP contribution in [0.4, 0.5) is 0 Å². The lowest BCUT2D eigenvalue weighted by atomic mass is 9.76. The zero-order valence-electron chi connectivity index (χ0n) is 14.6. The van der Waals surface area contributed by atoms with E-state index in [1.807, 2.05) is 6.07 Å². The van der Waals surface area contributed by atoms with Gasteiger partial charge in [0.05, 0.1) is 22.6 Å². The van der Waals surface area contributed by atoms with Gasteiger partial charge >= 0.3 is 0 Å². The first-order valence-electron chi connectivity index (χ1n) is 8.42. The summed E-state index contributed by atoms with van der Waals surface area (Å²) in [5, 5.41) is 10.1. The highest BCUT2D eigenvalue weighted by Gasteiger charge is 2.38. The summed E-state index contributed by atoms with van der Waals surface area (Å²) in [5.41, 5.74) is 8.90. The Morgan fingerprint density at radius 1 is 1.50 bits per heavy atom. The van der Waals surface area contributed by atoms with Crippen LogP contribution in [0.2, 0.25) is 5.02 Å². The van der Waals surface area contributed by atoms with Gasteiger partial charge < -0.3 is 15.4 Å². The third-order valence-corrected chi connectivity index (χ3v) is 5.11. The lowest BCUT2D eigenvalue weighted by Crippen LogP contribution is -2.36. The second kappa shape index (κ2) is 7.27. The quantitative estimate of drug-likeness (QED) is 0.820. The van der Waals surface area contributed by atoms with Gasteiger partial charge in [0, 0.05) is 24.7 Å². The number of benzene rings is 1. The van der Waals surface area contributed by atoms with Crippen molar-refractivity contribution in [1.29, 1.82) is 5.26 Å². The highest BCUT2D eigenvalue weighted by molar-refractivity contribution is 6.32. The Bertz CT molecular complexity index is 880. The van der Waals surface area contributed by atoms with E-state index in [1.165, 1.54) is 0 Å². The van der Waals surface area contributed by atoms with E-state index in [9.17, 15) is 10.1 Å². The van der Waals surface area contributed by atoms with Crippen molar-refractivity contribution in [1.82, 2.24) is 4.90 Å². The second-order valence-electron chi connectivity index (χ2n) is 6.33. The number of ether oxygens (including phenoxy) is 1. The lowest BCUT2D eigenvalue weighted by molar-refractivity contribution is -0.116. The molecule has 26 heavy (non-hydrogen) atoms. The summed E-state index contributed by atoms with van der Waals surface area (Å²) in [7, 11) is 1.80. The van der Waals surface area contributed by atoms with Gasteiger partial charge in [-0.25, -0.2) is 0 Å². The minimum absolute atomic E-state index is 0.0615. The minimum Gasteiger partial charge on any atom is -0.488 e. The molecular weight excluding hydrogens is 350 g/mol. The summed E-state index contributed by atoms with van der Waals surface area (Å²) in [4.78, 5) is 14.5. The third kappa shape index (κ3) is 2.97. The number of rotatable bonds is 4. The van der Waals surface area contributed by atoms with Gasteiger partial charge in [-0.05, 0) is 30.5 Å². The maximum Gasteiger partial charge on any atom is 0.161 e. The van der Waals surface area contributed by atoms with Crippen LogP contribution in [0.1, 0.15) is 30.7 Å². The highest BCUT2D eigenvalue weighted by atomic mass is 35.5. The number of nitrogens with zero attached hydrogens (tertiary/aromatic N) is 2. The van der Waals surface area contributed by atoms with Crippen LogP contribution in [0.25, 0.3) is 0 Å². The van der Waals surface area contributed by atoms with Gasteiger partial charge in [0.25, 0.3) is 0 Å². The van der Waals surface area contributed by atoms with Gasteiger partial charge in [-0.2, -0.15) is 5.26 Å². The van der Waals surface area contributed by atoms with Crippen LogP contribution in [0, 0.1) is 11.3 Å². The summed E-state index contributed by atoms with van der Waals surface area (Å²) < 4.78 is 5.51. The first-order valence-corrected chi connectivity index (χ1v) is 8.80. The number of carbonyl (C=O) groups is 1. The van der Waals surface area contributed by atoms with E-state index in [0.717, 1.165) is 24.1 Å². The van der Waals surface area contributed by atoms with Gasteiger partial charge in [-0.3, -0.25) is 4.79 Å². The fourth-order valence-corrected chi connectivity index (χ4v) is 3.80. The summed E-state index contributed by atoms with van der Waals surface area (Å²) >= 11 is 6.35. The van der Waals surface area contributed by atoms with Gasteiger partial charge in [-0.15, -0.1) is 0 Å². The molecule has 0 aromatic heterocycles. The zero-order valence-corrected chi connectivity index (χ0v) is 15.3. The SMILES string of the molecule is C=CCOc1ccc([C@H]2C(C#N)=C(N)N(C)C3=C2C(=O)CCC3)cc1Cl. The molecule has 1 aliphatic carbocycles. The van der Waals surface area contributed by atoms with Crippen LogP contribution < -0.4 is 10.5 Å². The van der Waals surface area contributed by atoms with Gasteiger partial charge in [0.2, 0.25) is 0 Å². The van der Waals surface area contributed by atoms with Gasteiger partial charge in [0.15, 0.2) is 5.78 Å². The first-order chi connectivity index (χ1) is 12.5. The topological polar surface area (TPSA) is 79.3 Å². The van der Waals surface area contributed by atoms with Gasteiger partial charge in [-0.1, -0.05) is 30.3 Å². The smallest absolute Gasteiger partial charge is 0.161 e. The normalized spacial score (nSPS) is 20.0. The number of hydrogen-bond donors (Lipinski definition) is 1. The van der Waals surface area contributed by atoms with E-state index in [-0.39, 0.29) is 5.78 Å². The largest absolute Gasteiger partial charge is 0.488 e. The first kappa shape index (κ1) is 18.1. The number of Topliss-reactive ketones (excluding diaryl/α,β-unsaturated/α-hetero) is 1.